The molecule has 7 nitrogen and oxygen atoms in total. The third-order valence-electron chi connectivity index (χ3n) is 3.82. The number of aliphatic hydroxyl groups is 3. The Labute approximate surface area is 119 Å². The molecule has 110 valence electrons. The van der Waals surface area contributed by atoms with Crippen LogP contribution in [0.25, 0.3) is 0 Å². The number of hydrogen-bond donors (Lipinski definition) is 4. The van der Waals surface area contributed by atoms with Gasteiger partial charge in [0.1, 0.15) is 17.9 Å². The van der Waals surface area contributed by atoms with Crippen LogP contribution in [0.2, 0.25) is 0 Å². The highest BCUT2D eigenvalue weighted by molar-refractivity contribution is 7.17. The maximum absolute atomic E-state index is 11.2. The molecule has 0 radical (unpaired) electrons. The summed E-state index contributed by atoms with van der Waals surface area (Å²) in [6.45, 7) is 1.10. The van der Waals surface area contributed by atoms with E-state index in [0.29, 0.717) is 16.4 Å². The zero-order valence-electron chi connectivity index (χ0n) is 10.8. The largest absolute Gasteiger partial charge is 0.394 e. The van der Waals surface area contributed by atoms with Crippen molar-refractivity contribution < 1.29 is 24.9 Å². The molecule has 1 aliphatic carbocycles. The molecule has 0 aromatic carbocycles. The lowest BCUT2D eigenvalue weighted by atomic mass is 10.0. The Morgan fingerprint density at radius 3 is 2.95 bits per heavy atom. The number of nitrogens with one attached hydrogen (secondary N) is 1. The molecule has 1 saturated heterocycles. The Balaban J connectivity index is 1.76. The number of Topliss-reactive ketones (excluding diaryl/α,β-unsaturated/α-hetero) is 1. The zero-order chi connectivity index (χ0) is 14.5. The maximum Gasteiger partial charge on any atom is 0.185 e. The van der Waals surface area contributed by atoms with E-state index in [9.17, 15) is 20.1 Å². The number of aliphatic hydroxyl groups excluding tert-OH is 3. The molecule has 1 aromatic rings. The van der Waals surface area contributed by atoms with E-state index in [1.165, 1.54) is 24.5 Å². The summed E-state index contributed by atoms with van der Waals surface area (Å²) in [5.74, 6) is -0.307. The molecule has 1 aliphatic heterocycles. The summed E-state index contributed by atoms with van der Waals surface area (Å²) in [6, 6.07) is 0. The summed E-state index contributed by atoms with van der Waals surface area (Å²) in [4.78, 5) is 15.9. The molecule has 20 heavy (non-hydrogen) atoms. The van der Waals surface area contributed by atoms with Crippen molar-refractivity contribution in [1.82, 2.24) is 4.98 Å². The zero-order valence-corrected chi connectivity index (χ0v) is 11.6. The Kier molecular flexibility index (Phi) is 3.30. The fourth-order valence-electron chi connectivity index (χ4n) is 2.59. The van der Waals surface area contributed by atoms with E-state index < -0.39 is 24.0 Å². The highest BCUT2D eigenvalue weighted by Crippen LogP contribution is 2.54. The van der Waals surface area contributed by atoms with Crippen LogP contribution in [0.5, 0.6) is 0 Å². The van der Waals surface area contributed by atoms with Crippen molar-refractivity contribution in [2.45, 2.75) is 37.4 Å². The SMILES string of the molecule is CC(=O)c1cnc(NC23CC2C(O)C(O)C(CO)O3)s1. The van der Waals surface area contributed by atoms with E-state index in [4.69, 9.17) is 4.74 Å². The van der Waals surface area contributed by atoms with Crippen molar-refractivity contribution in [2.75, 3.05) is 11.9 Å². The minimum atomic E-state index is -1.09. The number of aromatic nitrogens is 1. The number of carbonyl (C=O) groups is 1. The van der Waals surface area contributed by atoms with Gasteiger partial charge in [-0.15, -0.1) is 0 Å². The lowest BCUT2D eigenvalue weighted by Gasteiger charge is -2.36. The first kappa shape index (κ1) is 13.9. The van der Waals surface area contributed by atoms with Crippen LogP contribution in [-0.4, -0.2) is 56.7 Å². The van der Waals surface area contributed by atoms with Crippen LogP contribution in [-0.2, 0) is 4.74 Å². The number of ether oxygens (including phenoxy) is 1. The molecule has 8 heteroatoms. The lowest BCUT2D eigenvalue weighted by Crippen LogP contribution is -2.53. The van der Waals surface area contributed by atoms with Gasteiger partial charge in [0.25, 0.3) is 0 Å². The number of hydrogen-bond acceptors (Lipinski definition) is 8. The maximum atomic E-state index is 11.2. The van der Waals surface area contributed by atoms with Crippen molar-refractivity contribution in [3.63, 3.8) is 0 Å². The fourth-order valence-corrected chi connectivity index (χ4v) is 3.38. The minimum Gasteiger partial charge on any atom is -0.394 e. The molecule has 2 fully saturated rings. The predicted octanol–water partition coefficient (Wildman–Crippen LogP) is -0.413. The first-order valence-corrected chi connectivity index (χ1v) is 7.18. The van der Waals surface area contributed by atoms with Crippen LogP contribution in [0.15, 0.2) is 6.20 Å². The highest BCUT2D eigenvalue weighted by Gasteiger charge is 2.66. The summed E-state index contributed by atoms with van der Waals surface area (Å²) in [5, 5.41) is 32.5. The van der Waals surface area contributed by atoms with Crippen LogP contribution >= 0.6 is 11.3 Å². The van der Waals surface area contributed by atoms with Gasteiger partial charge < -0.3 is 25.4 Å². The summed E-state index contributed by atoms with van der Waals surface area (Å²) in [6.07, 6.45) is -0.854. The molecule has 0 amide bonds. The van der Waals surface area contributed by atoms with Gasteiger partial charge in [0.05, 0.1) is 23.8 Å². The summed E-state index contributed by atoms with van der Waals surface area (Å²) < 4.78 is 5.66. The fraction of sp³-hybridized carbons (Fsp3) is 0.667. The van der Waals surface area contributed by atoms with E-state index in [2.05, 4.69) is 10.3 Å². The second-order valence-corrected chi connectivity index (χ2v) is 6.26. The molecule has 2 aliphatic rings. The van der Waals surface area contributed by atoms with E-state index in [0.717, 1.165) is 0 Å². The number of rotatable bonds is 4. The third-order valence-corrected chi connectivity index (χ3v) is 4.83. The minimum absolute atomic E-state index is 0.0614. The monoisotopic (exact) mass is 300 g/mol. The van der Waals surface area contributed by atoms with Gasteiger partial charge in [0.2, 0.25) is 0 Å². The first-order chi connectivity index (χ1) is 9.47. The van der Waals surface area contributed by atoms with Gasteiger partial charge in [-0.1, -0.05) is 11.3 Å². The third kappa shape index (κ3) is 2.13. The molecule has 1 aromatic heterocycles. The average Bonchev–Trinajstić information content (AvgIpc) is 2.91. The topological polar surface area (TPSA) is 112 Å². The normalized spacial score (nSPS) is 39.2. The van der Waals surface area contributed by atoms with Crippen LogP contribution in [0, 0.1) is 5.92 Å². The number of fused-ring (bicyclic) bond motifs is 1. The second-order valence-electron chi connectivity index (χ2n) is 5.23. The van der Waals surface area contributed by atoms with Crippen LogP contribution < -0.4 is 5.32 Å². The van der Waals surface area contributed by atoms with E-state index in [1.807, 2.05) is 0 Å². The van der Waals surface area contributed by atoms with Crippen molar-refractivity contribution in [1.29, 1.82) is 0 Å². The Hall–Kier alpha value is -1.06. The van der Waals surface area contributed by atoms with E-state index in [1.54, 1.807) is 0 Å². The smallest absolute Gasteiger partial charge is 0.185 e. The highest BCUT2D eigenvalue weighted by atomic mass is 32.1. The van der Waals surface area contributed by atoms with Gasteiger partial charge in [0, 0.05) is 19.3 Å². The quantitative estimate of drug-likeness (QED) is 0.559. The predicted molar refractivity (Wildman–Crippen MR) is 70.6 cm³/mol. The summed E-state index contributed by atoms with van der Waals surface area (Å²) in [5.41, 5.74) is -0.808. The Morgan fingerprint density at radius 1 is 1.60 bits per heavy atom. The molecular weight excluding hydrogens is 284 g/mol. The summed E-state index contributed by atoms with van der Waals surface area (Å²) in [7, 11) is 0. The second kappa shape index (κ2) is 4.74. The molecule has 1 saturated carbocycles. The number of nitrogens with zero attached hydrogens (tertiary/aromatic N) is 1. The van der Waals surface area contributed by atoms with Crippen molar-refractivity contribution in [3.8, 4) is 0 Å². The van der Waals surface area contributed by atoms with Crippen LogP contribution in [0.4, 0.5) is 5.13 Å². The van der Waals surface area contributed by atoms with Gasteiger partial charge in [-0.3, -0.25) is 4.79 Å². The molecular formula is C12H16N2O5S. The summed E-state index contributed by atoms with van der Waals surface area (Å²) >= 11 is 1.21. The number of anilines is 1. The molecule has 5 unspecified atom stereocenters. The van der Waals surface area contributed by atoms with Crippen molar-refractivity contribution in [2.24, 2.45) is 5.92 Å². The standard InChI is InChI=1S/C12H16N2O5S/c1-5(16)8-3-13-11(20-8)14-12-2-6(12)9(17)10(18)7(4-15)19-12/h3,6-7,9-10,15,17-18H,2,4H2,1H3,(H,13,14). The molecule has 4 N–H and O–H groups in total. The van der Waals surface area contributed by atoms with Gasteiger partial charge in [-0.05, 0) is 0 Å². The van der Waals surface area contributed by atoms with E-state index in [-0.39, 0.29) is 18.3 Å². The van der Waals surface area contributed by atoms with E-state index >= 15 is 0 Å². The molecule has 2 heterocycles. The molecule has 5 atom stereocenters. The molecule has 3 rings (SSSR count). The van der Waals surface area contributed by atoms with Gasteiger partial charge >= 0.3 is 0 Å². The number of ketones is 1. The van der Waals surface area contributed by atoms with Crippen molar-refractivity contribution >= 4 is 22.3 Å². The molecule has 0 spiro atoms. The van der Waals surface area contributed by atoms with Crippen LogP contribution in [0.3, 0.4) is 0 Å². The van der Waals surface area contributed by atoms with Gasteiger partial charge in [-0.25, -0.2) is 4.98 Å². The lowest BCUT2D eigenvalue weighted by molar-refractivity contribution is -0.177. The number of carbonyl (C=O) groups excluding carboxylic acids is 1. The van der Waals surface area contributed by atoms with Crippen molar-refractivity contribution in [3.05, 3.63) is 11.1 Å². The number of thiazole rings is 1. The Morgan fingerprint density at radius 2 is 2.35 bits per heavy atom. The first-order valence-electron chi connectivity index (χ1n) is 6.36. The van der Waals surface area contributed by atoms with Gasteiger partial charge in [0.15, 0.2) is 10.9 Å². The Bertz CT molecular complexity index is 536. The van der Waals surface area contributed by atoms with Crippen LogP contribution in [0.1, 0.15) is 23.0 Å². The average molecular weight is 300 g/mol. The molecule has 0 bridgehead atoms. The van der Waals surface area contributed by atoms with Gasteiger partial charge in [-0.2, -0.15) is 0 Å².